The molecule has 0 amide bonds. The molecule has 2 aromatic carbocycles. The van der Waals surface area contributed by atoms with Gasteiger partial charge in [-0.05, 0) is 17.2 Å². The van der Waals surface area contributed by atoms with Crippen LogP contribution in [0.15, 0.2) is 60.7 Å². The van der Waals surface area contributed by atoms with Crippen LogP contribution in [0.2, 0.25) is 5.02 Å². The predicted octanol–water partition coefficient (Wildman–Crippen LogP) is 3.96. The summed E-state index contributed by atoms with van der Waals surface area (Å²) in [5, 5.41) is 9.33. The normalized spacial score (nSPS) is 23.1. The number of fused-ring (bicyclic) bond motifs is 2. The van der Waals surface area contributed by atoms with Crippen molar-refractivity contribution in [1.29, 1.82) is 0 Å². The summed E-state index contributed by atoms with van der Waals surface area (Å²) in [6, 6.07) is 20.2. The third-order valence-corrected chi connectivity index (χ3v) is 6.60. The van der Waals surface area contributed by atoms with E-state index >= 15 is 0 Å². The van der Waals surface area contributed by atoms with Crippen molar-refractivity contribution in [2.45, 2.75) is 24.4 Å². The zero-order valence-corrected chi connectivity index (χ0v) is 19.7. The van der Waals surface area contributed by atoms with Crippen LogP contribution in [-0.2, 0) is 19.0 Å². The third kappa shape index (κ3) is 4.42. The Morgan fingerprint density at radius 1 is 0.972 bits per heavy atom. The van der Waals surface area contributed by atoms with Gasteiger partial charge in [-0.1, -0.05) is 66.2 Å². The molecule has 184 valence electrons. The largest absolute Gasteiger partial charge is 0.480 e. The lowest BCUT2D eigenvalue weighted by molar-refractivity contribution is -0.146. The van der Waals surface area contributed by atoms with E-state index in [1.165, 1.54) is 0 Å². The molecule has 4 unspecified atom stereocenters. The molecular formula is C26H22ClN3O6. The van der Waals surface area contributed by atoms with Gasteiger partial charge in [-0.2, -0.15) is 4.98 Å². The first kappa shape index (κ1) is 22.9. The van der Waals surface area contributed by atoms with Gasteiger partial charge < -0.3 is 29.0 Å². The Hall–Kier alpha value is -3.50. The number of nitrogens with zero attached hydrogens (tertiary/aromatic N) is 2. The standard InChI is InChI=1S/C26H22ClN3O6/c27-17-10-18-25(29-22(17)16-8-6-15(7-9-16)14-4-2-1-3-5-14)30-26(28-18)36-20-12-35-23-19(11-34-24(20)23)33-13-21(31)32/h1-10,19-20,23-24H,11-13H2,(H,31,32)(H,28,29,30). The molecule has 0 radical (unpaired) electrons. The molecule has 2 saturated heterocycles. The Kier molecular flexibility index (Phi) is 6.06. The molecule has 4 aromatic rings. The summed E-state index contributed by atoms with van der Waals surface area (Å²) in [5.41, 5.74) is 4.87. The van der Waals surface area contributed by atoms with Crippen molar-refractivity contribution in [3.05, 3.63) is 65.7 Å². The molecule has 2 aromatic heterocycles. The van der Waals surface area contributed by atoms with Gasteiger partial charge in [0.05, 0.1) is 29.4 Å². The van der Waals surface area contributed by atoms with E-state index in [1.807, 2.05) is 42.5 Å². The highest BCUT2D eigenvalue weighted by molar-refractivity contribution is 6.33. The maximum Gasteiger partial charge on any atom is 0.329 e. The summed E-state index contributed by atoms with van der Waals surface area (Å²) in [7, 11) is 0. The van der Waals surface area contributed by atoms with Crippen LogP contribution in [0.3, 0.4) is 0 Å². The highest BCUT2D eigenvalue weighted by atomic mass is 35.5. The minimum atomic E-state index is -1.04. The number of H-pyrrole nitrogens is 1. The second-order valence-electron chi connectivity index (χ2n) is 8.67. The van der Waals surface area contributed by atoms with Crippen LogP contribution in [0.4, 0.5) is 0 Å². The minimum Gasteiger partial charge on any atom is -0.480 e. The van der Waals surface area contributed by atoms with Gasteiger partial charge in [0.15, 0.2) is 11.8 Å². The highest BCUT2D eigenvalue weighted by Gasteiger charge is 2.50. The van der Waals surface area contributed by atoms with Crippen molar-refractivity contribution in [2.75, 3.05) is 19.8 Å². The fraction of sp³-hybridized carbons (Fsp3) is 0.269. The van der Waals surface area contributed by atoms with Crippen LogP contribution in [-0.4, -0.2) is 70.3 Å². The van der Waals surface area contributed by atoms with Crippen molar-refractivity contribution >= 4 is 28.7 Å². The topological polar surface area (TPSA) is 116 Å². The quantitative estimate of drug-likeness (QED) is 0.386. The Balaban J connectivity index is 1.19. The molecule has 2 aliphatic heterocycles. The number of benzene rings is 2. The number of hydrogen-bond donors (Lipinski definition) is 2. The second kappa shape index (κ2) is 9.51. The lowest BCUT2D eigenvalue weighted by Gasteiger charge is -2.16. The molecule has 0 bridgehead atoms. The lowest BCUT2D eigenvalue weighted by Crippen LogP contribution is -2.36. The minimum absolute atomic E-state index is 0.242. The van der Waals surface area contributed by atoms with Crippen LogP contribution in [0, 0.1) is 0 Å². The van der Waals surface area contributed by atoms with Crippen molar-refractivity contribution in [2.24, 2.45) is 0 Å². The number of ether oxygens (including phenoxy) is 4. The van der Waals surface area contributed by atoms with Crippen molar-refractivity contribution in [3.8, 4) is 28.4 Å². The molecule has 36 heavy (non-hydrogen) atoms. The molecule has 0 saturated carbocycles. The number of aromatic amines is 1. The number of hydrogen-bond acceptors (Lipinski definition) is 7. The summed E-state index contributed by atoms with van der Waals surface area (Å²) in [6.45, 7) is 0.109. The SMILES string of the molecule is O=C(O)COC1COC2C(Oc3nc4nc(-c5ccc(-c6ccccc6)cc5)c(Cl)cc4[nH]3)COC12. The Morgan fingerprint density at radius 3 is 2.39 bits per heavy atom. The number of nitrogens with one attached hydrogen (secondary N) is 1. The monoisotopic (exact) mass is 507 g/mol. The molecule has 0 aliphatic carbocycles. The summed E-state index contributed by atoms with van der Waals surface area (Å²) in [6.07, 6.45) is -1.65. The van der Waals surface area contributed by atoms with Crippen LogP contribution in [0.1, 0.15) is 0 Å². The van der Waals surface area contributed by atoms with Crippen LogP contribution in [0.25, 0.3) is 33.5 Å². The number of aromatic nitrogens is 3. The molecule has 9 nitrogen and oxygen atoms in total. The van der Waals surface area contributed by atoms with Gasteiger partial charge in [-0.3, -0.25) is 0 Å². The van der Waals surface area contributed by atoms with Gasteiger partial charge in [0.2, 0.25) is 0 Å². The van der Waals surface area contributed by atoms with Gasteiger partial charge in [0, 0.05) is 5.56 Å². The van der Waals surface area contributed by atoms with E-state index in [2.05, 4.69) is 27.1 Å². The van der Waals surface area contributed by atoms with E-state index in [0.717, 1.165) is 16.7 Å². The molecular weight excluding hydrogens is 486 g/mol. The number of carbonyl (C=O) groups is 1. The zero-order chi connectivity index (χ0) is 24.6. The first-order chi connectivity index (χ1) is 17.5. The first-order valence-corrected chi connectivity index (χ1v) is 11.9. The molecule has 2 N–H and O–H groups in total. The van der Waals surface area contributed by atoms with E-state index in [4.69, 9.17) is 35.7 Å². The van der Waals surface area contributed by atoms with Crippen molar-refractivity contribution in [3.63, 3.8) is 0 Å². The Labute approximate surface area is 210 Å². The van der Waals surface area contributed by atoms with E-state index < -0.39 is 30.9 Å². The average Bonchev–Trinajstić information content (AvgIpc) is 3.59. The average molecular weight is 508 g/mol. The number of halogens is 1. The molecule has 0 spiro atoms. The number of imidazole rings is 1. The van der Waals surface area contributed by atoms with E-state index in [1.54, 1.807) is 6.07 Å². The van der Waals surface area contributed by atoms with Crippen LogP contribution in [0.5, 0.6) is 6.01 Å². The Bertz CT molecular complexity index is 1390. The second-order valence-corrected chi connectivity index (χ2v) is 9.08. The molecule has 2 fully saturated rings. The third-order valence-electron chi connectivity index (χ3n) is 6.32. The van der Waals surface area contributed by atoms with E-state index in [0.29, 0.717) is 21.9 Å². The molecule has 10 heteroatoms. The fourth-order valence-corrected chi connectivity index (χ4v) is 4.86. The molecule has 4 atom stereocenters. The van der Waals surface area contributed by atoms with Gasteiger partial charge in [0.1, 0.15) is 24.9 Å². The van der Waals surface area contributed by atoms with Crippen molar-refractivity contribution in [1.82, 2.24) is 15.0 Å². The van der Waals surface area contributed by atoms with Crippen LogP contribution >= 0.6 is 11.6 Å². The van der Waals surface area contributed by atoms with E-state index in [-0.39, 0.29) is 25.3 Å². The van der Waals surface area contributed by atoms with Gasteiger partial charge in [0.25, 0.3) is 6.01 Å². The predicted molar refractivity (Wildman–Crippen MR) is 131 cm³/mol. The number of rotatable bonds is 7. The first-order valence-electron chi connectivity index (χ1n) is 11.5. The molecule has 4 heterocycles. The lowest BCUT2D eigenvalue weighted by atomic mass is 10.0. The fourth-order valence-electron chi connectivity index (χ4n) is 4.60. The number of carboxylic acid groups (broad SMARTS) is 1. The Morgan fingerprint density at radius 2 is 1.64 bits per heavy atom. The summed E-state index contributed by atoms with van der Waals surface area (Å²) >= 11 is 6.57. The van der Waals surface area contributed by atoms with Gasteiger partial charge in [-0.25, -0.2) is 9.78 Å². The summed E-state index contributed by atoms with van der Waals surface area (Å²) < 4.78 is 22.9. The molecule has 6 rings (SSSR count). The van der Waals surface area contributed by atoms with Crippen LogP contribution < -0.4 is 4.74 Å². The molecule has 2 aliphatic rings. The van der Waals surface area contributed by atoms with E-state index in [9.17, 15) is 4.79 Å². The van der Waals surface area contributed by atoms with Crippen molar-refractivity contribution < 1.29 is 28.8 Å². The maximum absolute atomic E-state index is 10.8. The smallest absolute Gasteiger partial charge is 0.329 e. The van der Waals surface area contributed by atoms with Gasteiger partial charge >= 0.3 is 5.97 Å². The summed E-state index contributed by atoms with van der Waals surface area (Å²) in [5.74, 6) is -1.04. The van der Waals surface area contributed by atoms with Gasteiger partial charge in [-0.15, -0.1) is 0 Å². The maximum atomic E-state index is 10.8. The highest BCUT2D eigenvalue weighted by Crippen LogP contribution is 2.33. The zero-order valence-electron chi connectivity index (χ0n) is 19.0. The number of pyridine rings is 1. The summed E-state index contributed by atoms with van der Waals surface area (Å²) in [4.78, 5) is 23.1. The number of aliphatic carboxylic acids is 1. The number of carboxylic acids is 1.